The largest absolute Gasteiger partial charge is 0.295 e. The number of allylic oxidation sites excluding steroid dienone is 1. The third kappa shape index (κ3) is 5.60. The molecular weight excluding hydrogens is 353 g/mol. The quantitative estimate of drug-likeness (QED) is 0.705. The highest BCUT2D eigenvalue weighted by molar-refractivity contribution is 6.41. The van der Waals surface area contributed by atoms with Gasteiger partial charge in [-0.2, -0.15) is 5.10 Å². The molecule has 1 aliphatic heterocycles. The summed E-state index contributed by atoms with van der Waals surface area (Å²) in [4.78, 5) is 2.40. The maximum absolute atomic E-state index is 6.25. The molecule has 3 nitrogen and oxygen atoms in total. The van der Waals surface area contributed by atoms with Gasteiger partial charge in [0, 0.05) is 37.7 Å². The minimum atomic E-state index is 0.629. The highest BCUT2D eigenvalue weighted by Crippen LogP contribution is 2.18. The molecule has 3 rings (SSSR count). The number of hydrogen-bond donors (Lipinski definition) is 0. The summed E-state index contributed by atoms with van der Waals surface area (Å²) in [7, 11) is 0. The molecule has 5 heteroatoms. The molecule has 2 aromatic rings. The normalized spacial score (nSPS) is 16.6. The Labute approximate surface area is 159 Å². The Balaban J connectivity index is 1.49. The summed E-state index contributed by atoms with van der Waals surface area (Å²) in [6.45, 7) is 4.57. The highest BCUT2D eigenvalue weighted by atomic mass is 35.5. The molecule has 1 saturated heterocycles. The summed E-state index contributed by atoms with van der Waals surface area (Å²) in [5.74, 6) is 0. The van der Waals surface area contributed by atoms with Gasteiger partial charge in [0.25, 0.3) is 0 Å². The van der Waals surface area contributed by atoms with Crippen molar-refractivity contribution in [1.29, 1.82) is 0 Å². The molecule has 0 saturated carbocycles. The van der Waals surface area contributed by atoms with E-state index in [-0.39, 0.29) is 0 Å². The van der Waals surface area contributed by atoms with E-state index in [0.717, 1.165) is 43.3 Å². The Bertz CT molecular complexity index is 736. The molecule has 0 spiro atoms. The number of piperazine rings is 1. The van der Waals surface area contributed by atoms with E-state index in [4.69, 9.17) is 23.2 Å². The van der Waals surface area contributed by atoms with Crippen LogP contribution in [0.4, 0.5) is 0 Å². The summed E-state index contributed by atoms with van der Waals surface area (Å²) >= 11 is 12.5. The van der Waals surface area contributed by atoms with Crippen molar-refractivity contribution < 1.29 is 0 Å². The molecule has 25 heavy (non-hydrogen) atoms. The Hall–Kier alpha value is -1.81. The zero-order valence-electron chi connectivity index (χ0n) is 14.0. The molecule has 1 heterocycles. The van der Waals surface area contributed by atoms with Crippen LogP contribution in [0.15, 0.2) is 64.7 Å². The molecule has 130 valence electrons. The molecule has 0 atom stereocenters. The van der Waals surface area contributed by atoms with Crippen LogP contribution in [0.25, 0.3) is 6.08 Å². The van der Waals surface area contributed by atoms with Gasteiger partial charge < -0.3 is 0 Å². The minimum absolute atomic E-state index is 0.629. The van der Waals surface area contributed by atoms with E-state index >= 15 is 0 Å². The summed E-state index contributed by atoms with van der Waals surface area (Å²) < 4.78 is 0. The number of benzene rings is 2. The summed E-state index contributed by atoms with van der Waals surface area (Å²) in [6.07, 6.45) is 3.64. The predicted molar refractivity (Wildman–Crippen MR) is 107 cm³/mol. The number of rotatable bonds is 5. The second kappa shape index (κ2) is 9.04. The van der Waals surface area contributed by atoms with Gasteiger partial charge in [-0.05, 0) is 23.3 Å². The first-order valence-electron chi connectivity index (χ1n) is 8.37. The highest BCUT2D eigenvalue weighted by Gasteiger charge is 2.16. The monoisotopic (exact) mass is 373 g/mol. The maximum atomic E-state index is 6.25. The molecule has 2 aromatic carbocycles. The fourth-order valence-corrected chi connectivity index (χ4v) is 3.13. The van der Waals surface area contributed by atoms with Crippen molar-refractivity contribution in [3.63, 3.8) is 0 Å². The predicted octanol–water partition coefficient (Wildman–Crippen LogP) is 4.72. The first-order valence-corrected chi connectivity index (χ1v) is 9.13. The maximum Gasteiger partial charge on any atom is 0.0657 e. The van der Waals surface area contributed by atoms with E-state index in [1.54, 1.807) is 6.21 Å². The lowest BCUT2D eigenvalue weighted by atomic mass is 10.2. The summed E-state index contributed by atoms with van der Waals surface area (Å²) in [5.41, 5.74) is 2.25. The van der Waals surface area contributed by atoms with E-state index in [9.17, 15) is 0 Å². The van der Waals surface area contributed by atoms with E-state index in [1.165, 1.54) is 5.56 Å². The Kier molecular flexibility index (Phi) is 6.51. The van der Waals surface area contributed by atoms with Crippen molar-refractivity contribution in [2.75, 3.05) is 26.2 Å². The van der Waals surface area contributed by atoms with Gasteiger partial charge in [-0.15, -0.1) is 0 Å². The Morgan fingerprint density at radius 1 is 0.960 bits per heavy atom. The van der Waals surface area contributed by atoms with Crippen molar-refractivity contribution >= 4 is 35.5 Å². The zero-order valence-corrected chi connectivity index (χ0v) is 15.5. The lowest BCUT2D eigenvalue weighted by Gasteiger charge is -2.33. The van der Waals surface area contributed by atoms with Crippen LogP contribution in [-0.4, -0.2) is 42.3 Å². The Morgan fingerprint density at radius 2 is 1.64 bits per heavy atom. The van der Waals surface area contributed by atoms with Crippen LogP contribution < -0.4 is 0 Å². The first-order chi connectivity index (χ1) is 12.2. The van der Waals surface area contributed by atoms with Crippen molar-refractivity contribution in [3.05, 3.63) is 75.8 Å². The number of halogens is 2. The second-order valence-electron chi connectivity index (χ2n) is 6.01. The molecule has 0 bridgehead atoms. The smallest absolute Gasteiger partial charge is 0.0657 e. The van der Waals surface area contributed by atoms with Gasteiger partial charge in [0.05, 0.1) is 11.2 Å². The standard InChI is InChI=1S/C20H21Cl2N3/c21-19(14-17-6-2-1-3-7-17)15-23-25-12-10-24(11-13-25)16-18-8-4-5-9-20(18)22/h1-9,14-15H,10-13,16H2/b19-14-,23-15-. The van der Waals surface area contributed by atoms with Crippen molar-refractivity contribution in [2.45, 2.75) is 6.54 Å². The lowest BCUT2D eigenvalue weighted by Crippen LogP contribution is -2.43. The van der Waals surface area contributed by atoms with Crippen molar-refractivity contribution in [1.82, 2.24) is 9.91 Å². The molecule has 0 amide bonds. The van der Waals surface area contributed by atoms with Gasteiger partial charge >= 0.3 is 0 Å². The van der Waals surface area contributed by atoms with Crippen LogP contribution in [0, 0.1) is 0 Å². The van der Waals surface area contributed by atoms with Crippen molar-refractivity contribution in [2.24, 2.45) is 5.10 Å². The average Bonchev–Trinajstić information content (AvgIpc) is 2.64. The molecular formula is C20H21Cl2N3. The van der Waals surface area contributed by atoms with E-state index in [0.29, 0.717) is 5.03 Å². The molecule has 0 radical (unpaired) electrons. The third-order valence-electron chi connectivity index (χ3n) is 4.15. The van der Waals surface area contributed by atoms with Crippen LogP contribution in [0.1, 0.15) is 11.1 Å². The zero-order chi connectivity index (χ0) is 17.5. The second-order valence-corrected chi connectivity index (χ2v) is 6.85. The van der Waals surface area contributed by atoms with Gasteiger partial charge in [-0.1, -0.05) is 71.7 Å². The van der Waals surface area contributed by atoms with Crippen LogP contribution in [0.3, 0.4) is 0 Å². The van der Waals surface area contributed by atoms with E-state index in [2.05, 4.69) is 21.1 Å². The fourth-order valence-electron chi connectivity index (χ4n) is 2.76. The number of nitrogens with zero attached hydrogens (tertiary/aromatic N) is 3. The fraction of sp³-hybridized carbons (Fsp3) is 0.250. The van der Waals surface area contributed by atoms with E-state index in [1.807, 2.05) is 54.6 Å². The lowest BCUT2D eigenvalue weighted by molar-refractivity contribution is 0.131. The molecule has 1 aliphatic rings. The third-order valence-corrected chi connectivity index (χ3v) is 4.72. The SMILES string of the molecule is ClC(/C=N\N1CCN(Cc2ccccc2Cl)CC1)=C\c1ccccc1. The van der Waals surface area contributed by atoms with Crippen molar-refractivity contribution in [3.8, 4) is 0 Å². The van der Waals surface area contributed by atoms with Crippen LogP contribution in [-0.2, 0) is 6.54 Å². The van der Waals surface area contributed by atoms with Crippen LogP contribution in [0.2, 0.25) is 5.02 Å². The average molecular weight is 374 g/mol. The van der Waals surface area contributed by atoms with Crippen LogP contribution in [0.5, 0.6) is 0 Å². The van der Waals surface area contributed by atoms with E-state index < -0.39 is 0 Å². The summed E-state index contributed by atoms with van der Waals surface area (Å²) in [6, 6.07) is 18.0. The van der Waals surface area contributed by atoms with Gasteiger partial charge in [0.1, 0.15) is 0 Å². The molecule has 0 aromatic heterocycles. The molecule has 0 N–H and O–H groups in total. The first kappa shape index (κ1) is 18.0. The van der Waals surface area contributed by atoms with Gasteiger partial charge in [0.15, 0.2) is 0 Å². The summed E-state index contributed by atoms with van der Waals surface area (Å²) in [5, 5.41) is 8.02. The molecule has 0 unspecified atom stereocenters. The Morgan fingerprint density at radius 3 is 2.36 bits per heavy atom. The molecule has 0 aliphatic carbocycles. The van der Waals surface area contributed by atoms with Gasteiger partial charge in [-0.25, -0.2) is 0 Å². The topological polar surface area (TPSA) is 18.8 Å². The van der Waals surface area contributed by atoms with Gasteiger partial charge in [0.2, 0.25) is 0 Å². The molecule has 1 fully saturated rings. The van der Waals surface area contributed by atoms with Gasteiger partial charge in [-0.3, -0.25) is 9.91 Å². The number of hydrazone groups is 1. The number of hydrogen-bond acceptors (Lipinski definition) is 3. The van der Waals surface area contributed by atoms with Crippen LogP contribution >= 0.6 is 23.2 Å². The minimum Gasteiger partial charge on any atom is -0.295 e.